The van der Waals surface area contributed by atoms with Crippen molar-refractivity contribution in [3.05, 3.63) is 59.7 Å². The third kappa shape index (κ3) is 9.17. The Morgan fingerprint density at radius 2 is 1.87 bits per heavy atom. The first-order chi connectivity index (χ1) is 18.2. The molecule has 0 aromatic heterocycles. The number of nitrogens with one attached hydrogen (secondary N) is 3. The molecular formula is C29H46N4O4S. The Kier molecular flexibility index (Phi) is 11.7. The summed E-state index contributed by atoms with van der Waals surface area (Å²) in [6.45, 7) is 8.76. The molecule has 1 amide bonds. The largest absolute Gasteiger partial charge is 0.390 e. The van der Waals surface area contributed by atoms with Gasteiger partial charge in [-0.3, -0.25) is 18.2 Å². The van der Waals surface area contributed by atoms with E-state index in [2.05, 4.69) is 29.8 Å². The van der Waals surface area contributed by atoms with Crippen LogP contribution in [0.3, 0.4) is 0 Å². The number of rotatable bonds is 14. The summed E-state index contributed by atoms with van der Waals surface area (Å²) in [5.74, 6) is 0.664. The highest BCUT2D eigenvalue weighted by Gasteiger charge is 2.28. The van der Waals surface area contributed by atoms with E-state index in [1.165, 1.54) is 0 Å². The molecule has 3 rings (SSSR count). The molecule has 2 aromatic carbocycles. The van der Waals surface area contributed by atoms with Crippen LogP contribution in [0, 0.1) is 5.92 Å². The quantitative estimate of drug-likeness (QED) is 0.182. The molecule has 0 radical (unpaired) electrons. The van der Waals surface area contributed by atoms with E-state index in [9.17, 15) is 19.0 Å². The highest BCUT2D eigenvalue weighted by molar-refractivity contribution is 8.25. The highest BCUT2D eigenvalue weighted by Crippen LogP contribution is 2.50. The number of aliphatic hydroxyl groups excluding tert-OH is 1. The van der Waals surface area contributed by atoms with E-state index in [1.54, 1.807) is 16.4 Å². The molecule has 9 heteroatoms. The van der Waals surface area contributed by atoms with Crippen molar-refractivity contribution in [3.8, 4) is 0 Å². The number of benzene rings is 2. The molecule has 0 spiro atoms. The van der Waals surface area contributed by atoms with Crippen LogP contribution in [0.15, 0.2) is 48.5 Å². The second kappa shape index (κ2) is 14.7. The predicted molar refractivity (Wildman–Crippen MR) is 159 cm³/mol. The molecule has 38 heavy (non-hydrogen) atoms. The van der Waals surface area contributed by atoms with Crippen molar-refractivity contribution in [2.45, 2.75) is 65.0 Å². The summed E-state index contributed by atoms with van der Waals surface area (Å²) in [4.78, 5) is 13.5. The van der Waals surface area contributed by atoms with Crippen molar-refractivity contribution in [1.29, 1.82) is 0 Å². The van der Waals surface area contributed by atoms with Gasteiger partial charge in [-0.2, -0.15) is 0 Å². The van der Waals surface area contributed by atoms with Gasteiger partial charge in [0, 0.05) is 30.9 Å². The van der Waals surface area contributed by atoms with Gasteiger partial charge in [0.15, 0.2) is 0 Å². The normalized spacial score (nSPS) is 17.6. The zero-order valence-corrected chi connectivity index (χ0v) is 23.8. The molecule has 212 valence electrons. The lowest BCUT2D eigenvalue weighted by Gasteiger charge is -2.47. The van der Waals surface area contributed by atoms with E-state index in [4.69, 9.17) is 0 Å². The Hall–Kier alpha value is -2.30. The van der Waals surface area contributed by atoms with Gasteiger partial charge in [-0.1, -0.05) is 44.2 Å². The van der Waals surface area contributed by atoms with Crippen molar-refractivity contribution in [3.63, 3.8) is 0 Å². The standard InChI is InChI=1S/C29H46N4O4S/c1-4-31-25-18-24(19-26(20-25)33-15-8-9-16-38(33,36)37)29(35)32-27(17-23-12-6-5-7-13-23)28(34)21-30-14-10-11-22(2)3/h5-7,12-13,18-20,22,27-28,30-31,34,36-37H,4,8-11,14-17,21H2,1-3H3,(H,32,35). The lowest BCUT2D eigenvalue weighted by Crippen LogP contribution is -2.49. The molecule has 2 aromatic rings. The van der Waals surface area contributed by atoms with E-state index in [1.807, 2.05) is 43.3 Å². The van der Waals surface area contributed by atoms with Crippen molar-refractivity contribution in [2.24, 2.45) is 5.92 Å². The molecule has 8 nitrogen and oxygen atoms in total. The summed E-state index contributed by atoms with van der Waals surface area (Å²) in [6.07, 6.45) is 3.51. The second-order valence-electron chi connectivity index (χ2n) is 10.5. The summed E-state index contributed by atoms with van der Waals surface area (Å²) in [5.41, 5.74) is 2.79. The molecule has 1 aliphatic rings. The Bertz CT molecular complexity index is 1010. The van der Waals surface area contributed by atoms with E-state index in [-0.39, 0.29) is 5.91 Å². The summed E-state index contributed by atoms with van der Waals surface area (Å²) in [7, 11) is -2.92. The molecule has 6 N–H and O–H groups in total. The van der Waals surface area contributed by atoms with Crippen LogP contribution < -0.4 is 20.3 Å². The zero-order valence-electron chi connectivity index (χ0n) is 23.0. The maximum atomic E-state index is 13.5. The van der Waals surface area contributed by atoms with Crippen LogP contribution in [-0.2, 0) is 6.42 Å². The van der Waals surface area contributed by atoms with Crippen LogP contribution in [0.1, 0.15) is 62.4 Å². The Labute approximate surface area is 229 Å². The SMILES string of the molecule is CCNc1cc(C(=O)NC(Cc2ccccc2)C(O)CNCCCC(C)C)cc(N2CCCCS2(O)O)c1. The summed E-state index contributed by atoms with van der Waals surface area (Å²) >= 11 is 0. The van der Waals surface area contributed by atoms with E-state index < -0.39 is 22.9 Å². The first-order valence-electron chi connectivity index (χ1n) is 13.9. The number of carbonyl (C=O) groups excluding carboxylic acids is 1. The third-order valence-corrected chi connectivity index (χ3v) is 8.73. The molecule has 1 saturated heterocycles. The maximum Gasteiger partial charge on any atom is 0.251 e. The minimum Gasteiger partial charge on any atom is -0.390 e. The fraction of sp³-hybridized carbons (Fsp3) is 0.552. The molecule has 0 bridgehead atoms. The van der Waals surface area contributed by atoms with Crippen LogP contribution in [0.25, 0.3) is 0 Å². The number of hydrogen-bond acceptors (Lipinski definition) is 7. The van der Waals surface area contributed by atoms with E-state index in [0.717, 1.165) is 43.5 Å². The lowest BCUT2D eigenvalue weighted by atomic mass is 10.00. The average Bonchev–Trinajstić information content (AvgIpc) is 2.88. The van der Waals surface area contributed by atoms with Crippen molar-refractivity contribution >= 4 is 28.1 Å². The fourth-order valence-electron chi connectivity index (χ4n) is 4.73. The topological polar surface area (TPSA) is 117 Å². The summed E-state index contributed by atoms with van der Waals surface area (Å²) in [6, 6.07) is 14.7. The number of carbonyl (C=O) groups is 1. The van der Waals surface area contributed by atoms with Crippen molar-refractivity contribution < 1.29 is 19.0 Å². The molecule has 2 unspecified atom stereocenters. The van der Waals surface area contributed by atoms with Crippen LogP contribution in [0.2, 0.25) is 0 Å². The molecule has 2 atom stereocenters. The summed E-state index contributed by atoms with van der Waals surface area (Å²) in [5, 5.41) is 20.7. The average molecular weight is 547 g/mol. The van der Waals surface area contributed by atoms with Crippen LogP contribution in [-0.4, -0.2) is 64.2 Å². The summed E-state index contributed by atoms with van der Waals surface area (Å²) < 4.78 is 23.0. The van der Waals surface area contributed by atoms with Crippen molar-refractivity contribution in [2.75, 3.05) is 41.6 Å². The Morgan fingerprint density at radius 1 is 1.11 bits per heavy atom. The number of amides is 1. The Morgan fingerprint density at radius 3 is 2.55 bits per heavy atom. The van der Waals surface area contributed by atoms with Crippen LogP contribution in [0.5, 0.6) is 0 Å². The fourth-order valence-corrected chi connectivity index (χ4v) is 6.40. The molecule has 0 saturated carbocycles. The monoisotopic (exact) mass is 546 g/mol. The van der Waals surface area contributed by atoms with E-state index >= 15 is 0 Å². The van der Waals surface area contributed by atoms with Gasteiger partial charge in [-0.05, 0) is 75.3 Å². The number of hydrogen-bond donors (Lipinski definition) is 6. The van der Waals surface area contributed by atoms with E-state index in [0.29, 0.717) is 49.0 Å². The second-order valence-corrected chi connectivity index (χ2v) is 12.6. The van der Waals surface area contributed by atoms with Crippen LogP contribution >= 0.6 is 10.8 Å². The zero-order chi connectivity index (χ0) is 27.5. The molecule has 1 aliphatic heterocycles. The molecular weight excluding hydrogens is 500 g/mol. The van der Waals surface area contributed by atoms with Gasteiger partial charge in [-0.25, -0.2) is 0 Å². The van der Waals surface area contributed by atoms with Gasteiger partial charge >= 0.3 is 0 Å². The molecule has 1 heterocycles. The smallest absolute Gasteiger partial charge is 0.251 e. The van der Waals surface area contributed by atoms with Gasteiger partial charge < -0.3 is 21.1 Å². The number of aliphatic hydroxyl groups is 1. The number of nitrogens with zero attached hydrogens (tertiary/aromatic N) is 1. The minimum absolute atomic E-state index is 0.306. The van der Waals surface area contributed by atoms with Gasteiger partial charge in [-0.15, -0.1) is 10.8 Å². The van der Waals surface area contributed by atoms with Gasteiger partial charge in [0.2, 0.25) is 0 Å². The first kappa shape index (κ1) is 30.2. The minimum atomic E-state index is -2.92. The van der Waals surface area contributed by atoms with Gasteiger partial charge in [0.1, 0.15) is 0 Å². The lowest BCUT2D eigenvalue weighted by molar-refractivity contribution is 0.0830. The maximum absolute atomic E-state index is 13.5. The van der Waals surface area contributed by atoms with Crippen LogP contribution in [0.4, 0.5) is 11.4 Å². The predicted octanol–water partition coefficient (Wildman–Crippen LogP) is 5.11. The highest BCUT2D eigenvalue weighted by atomic mass is 32.3. The molecule has 0 aliphatic carbocycles. The number of anilines is 2. The third-order valence-electron chi connectivity index (χ3n) is 6.80. The van der Waals surface area contributed by atoms with Gasteiger partial charge in [0.05, 0.1) is 23.6 Å². The first-order valence-corrected chi connectivity index (χ1v) is 15.5. The van der Waals surface area contributed by atoms with Crippen molar-refractivity contribution in [1.82, 2.24) is 10.6 Å². The Balaban J connectivity index is 1.78. The van der Waals surface area contributed by atoms with Gasteiger partial charge in [0.25, 0.3) is 5.91 Å². The molecule has 1 fully saturated rings.